The van der Waals surface area contributed by atoms with Crippen molar-refractivity contribution in [3.8, 4) is 0 Å². The first-order chi connectivity index (χ1) is 7.69. The number of nitrogens with zero attached hydrogens (tertiary/aromatic N) is 1. The summed E-state index contributed by atoms with van der Waals surface area (Å²) in [6, 6.07) is 0.205. The average Bonchev–Trinajstić information content (AvgIpc) is 2.21. The van der Waals surface area contributed by atoms with Crippen LogP contribution in [0.1, 0.15) is 41.0 Å². The molecule has 102 valence electrons. The van der Waals surface area contributed by atoms with Crippen LogP contribution < -0.4 is 0 Å². The number of hydrogen-bond donors (Lipinski definition) is 0. The summed E-state index contributed by atoms with van der Waals surface area (Å²) < 4.78 is 5.39. The number of likely N-dealkylation sites (N-methyl/N-ethyl adjacent to an activating group) is 1. The van der Waals surface area contributed by atoms with Crippen molar-refractivity contribution >= 4 is 17.7 Å². The van der Waals surface area contributed by atoms with Crippen molar-refractivity contribution in [3.05, 3.63) is 0 Å². The highest BCUT2D eigenvalue weighted by molar-refractivity contribution is 7.98. The third-order valence-corrected chi connectivity index (χ3v) is 3.44. The third-order valence-electron chi connectivity index (χ3n) is 2.79. The molecule has 0 heterocycles. The zero-order chi connectivity index (χ0) is 13.6. The predicted molar refractivity (Wildman–Crippen MR) is 75.5 cm³/mol. The maximum absolute atomic E-state index is 11.9. The highest BCUT2D eigenvalue weighted by Gasteiger charge is 2.26. The van der Waals surface area contributed by atoms with Gasteiger partial charge in [-0.05, 0) is 60.1 Å². The van der Waals surface area contributed by atoms with E-state index in [-0.39, 0.29) is 12.0 Å². The molecule has 17 heavy (non-hydrogen) atoms. The summed E-state index contributed by atoms with van der Waals surface area (Å²) in [6.07, 6.45) is 3.19. The molecule has 0 aromatic rings. The second kappa shape index (κ2) is 7.27. The summed E-state index contributed by atoms with van der Waals surface area (Å²) in [6.45, 7) is 9.75. The molecule has 0 aliphatic rings. The van der Waals surface area contributed by atoms with Crippen molar-refractivity contribution in [3.63, 3.8) is 0 Å². The van der Waals surface area contributed by atoms with E-state index in [1.165, 1.54) is 0 Å². The summed E-state index contributed by atoms with van der Waals surface area (Å²) in [7, 11) is 1.99. The Hall–Kier alpha value is -0.220. The van der Waals surface area contributed by atoms with Crippen LogP contribution in [0.25, 0.3) is 0 Å². The topological polar surface area (TPSA) is 29.5 Å². The Labute approximate surface area is 110 Å². The second-order valence-corrected chi connectivity index (χ2v) is 6.49. The van der Waals surface area contributed by atoms with Gasteiger partial charge in [-0.3, -0.25) is 9.69 Å². The van der Waals surface area contributed by atoms with Gasteiger partial charge in [-0.1, -0.05) is 0 Å². The molecule has 3 nitrogen and oxygen atoms in total. The largest absolute Gasteiger partial charge is 0.459 e. The number of hydrogen-bond acceptors (Lipinski definition) is 4. The van der Waals surface area contributed by atoms with Gasteiger partial charge < -0.3 is 4.74 Å². The van der Waals surface area contributed by atoms with Crippen molar-refractivity contribution in [2.24, 2.45) is 0 Å². The molecular weight excluding hydrogens is 234 g/mol. The van der Waals surface area contributed by atoms with Crippen LogP contribution in [0.15, 0.2) is 0 Å². The van der Waals surface area contributed by atoms with Gasteiger partial charge in [0.15, 0.2) is 0 Å². The van der Waals surface area contributed by atoms with E-state index in [9.17, 15) is 4.79 Å². The first-order valence-corrected chi connectivity index (χ1v) is 7.52. The number of carbonyl (C=O) groups excluding carboxylic acids is 1. The van der Waals surface area contributed by atoms with E-state index in [1.54, 1.807) is 0 Å². The van der Waals surface area contributed by atoms with Gasteiger partial charge in [-0.25, -0.2) is 0 Å². The van der Waals surface area contributed by atoms with Gasteiger partial charge in [0.05, 0.1) is 0 Å². The smallest absolute Gasteiger partial charge is 0.323 e. The van der Waals surface area contributed by atoms with Gasteiger partial charge in [0.2, 0.25) is 0 Å². The monoisotopic (exact) mass is 261 g/mol. The molecule has 4 heteroatoms. The van der Waals surface area contributed by atoms with Gasteiger partial charge >= 0.3 is 5.97 Å². The average molecular weight is 261 g/mol. The molecule has 0 saturated carbocycles. The van der Waals surface area contributed by atoms with Crippen LogP contribution in [0, 0.1) is 0 Å². The Morgan fingerprint density at radius 1 is 1.35 bits per heavy atom. The summed E-state index contributed by atoms with van der Waals surface area (Å²) in [4.78, 5) is 14.0. The number of carbonyl (C=O) groups is 1. The molecule has 0 aliphatic carbocycles. The fourth-order valence-electron chi connectivity index (χ4n) is 1.43. The highest BCUT2D eigenvalue weighted by Crippen LogP contribution is 2.14. The van der Waals surface area contributed by atoms with Crippen molar-refractivity contribution in [1.82, 2.24) is 4.90 Å². The van der Waals surface area contributed by atoms with E-state index in [0.29, 0.717) is 6.04 Å². The van der Waals surface area contributed by atoms with Crippen LogP contribution in [0.4, 0.5) is 0 Å². The quantitative estimate of drug-likeness (QED) is 0.688. The van der Waals surface area contributed by atoms with Crippen molar-refractivity contribution in [2.45, 2.75) is 58.7 Å². The molecule has 2 unspecified atom stereocenters. The zero-order valence-corrected chi connectivity index (χ0v) is 13.1. The molecule has 0 fully saturated rings. The van der Waals surface area contributed by atoms with Gasteiger partial charge in [0.1, 0.15) is 11.6 Å². The Morgan fingerprint density at radius 2 is 1.88 bits per heavy atom. The lowest BCUT2D eigenvalue weighted by molar-refractivity contribution is -0.161. The fourth-order valence-corrected chi connectivity index (χ4v) is 2.00. The van der Waals surface area contributed by atoms with Gasteiger partial charge in [-0.2, -0.15) is 11.8 Å². The van der Waals surface area contributed by atoms with Crippen LogP contribution >= 0.6 is 11.8 Å². The highest BCUT2D eigenvalue weighted by atomic mass is 32.2. The minimum Gasteiger partial charge on any atom is -0.459 e. The number of thioether (sulfide) groups is 1. The molecule has 0 amide bonds. The normalized spacial score (nSPS) is 15.8. The van der Waals surface area contributed by atoms with Crippen LogP contribution in [-0.4, -0.2) is 47.6 Å². The number of ether oxygens (including phenoxy) is 1. The minimum atomic E-state index is -0.408. The van der Waals surface area contributed by atoms with Crippen LogP contribution in [0.3, 0.4) is 0 Å². The first-order valence-electron chi connectivity index (χ1n) is 6.12. The Morgan fingerprint density at radius 3 is 2.29 bits per heavy atom. The summed E-state index contributed by atoms with van der Waals surface area (Å²) in [5.74, 6) is 0.975. The van der Waals surface area contributed by atoms with Gasteiger partial charge in [0, 0.05) is 6.04 Å². The number of esters is 1. The molecule has 0 N–H and O–H groups in total. The molecule has 2 atom stereocenters. The van der Waals surface area contributed by atoms with Crippen LogP contribution in [0.5, 0.6) is 0 Å². The van der Waals surface area contributed by atoms with Crippen LogP contribution in [-0.2, 0) is 9.53 Å². The zero-order valence-electron chi connectivity index (χ0n) is 12.2. The summed E-state index contributed by atoms with van der Waals surface area (Å²) >= 11 is 1.83. The maximum Gasteiger partial charge on any atom is 0.323 e. The van der Waals surface area contributed by atoms with Crippen molar-refractivity contribution < 1.29 is 9.53 Å². The molecule has 0 saturated heterocycles. The standard InChI is InChI=1S/C13H27NO2S/c1-10(8-9-17-7)14(6)11(2)12(15)16-13(3,4)5/h10-11H,8-9H2,1-7H3. The van der Waals surface area contributed by atoms with E-state index in [0.717, 1.165) is 12.2 Å². The fraction of sp³-hybridized carbons (Fsp3) is 0.923. The van der Waals surface area contributed by atoms with Gasteiger partial charge in [0.25, 0.3) is 0 Å². The third kappa shape index (κ3) is 6.94. The molecule has 0 aromatic carbocycles. The minimum absolute atomic E-state index is 0.143. The molecular formula is C13H27NO2S. The number of rotatable bonds is 6. The van der Waals surface area contributed by atoms with Crippen molar-refractivity contribution in [1.29, 1.82) is 0 Å². The predicted octanol–water partition coefficient (Wildman–Crippen LogP) is 2.79. The Balaban J connectivity index is 4.28. The van der Waals surface area contributed by atoms with E-state index in [1.807, 2.05) is 46.5 Å². The molecule has 0 rings (SSSR count). The molecule has 0 aromatic heterocycles. The summed E-state index contributed by atoms with van der Waals surface area (Å²) in [5.41, 5.74) is -0.408. The van der Waals surface area contributed by atoms with E-state index >= 15 is 0 Å². The SMILES string of the molecule is CSCCC(C)N(C)C(C)C(=O)OC(C)(C)C. The lowest BCUT2D eigenvalue weighted by Crippen LogP contribution is -2.44. The molecule has 0 spiro atoms. The summed E-state index contributed by atoms with van der Waals surface area (Å²) in [5, 5.41) is 0. The van der Waals surface area contributed by atoms with E-state index in [2.05, 4.69) is 18.1 Å². The van der Waals surface area contributed by atoms with Crippen LogP contribution in [0.2, 0.25) is 0 Å². The van der Waals surface area contributed by atoms with Gasteiger partial charge in [-0.15, -0.1) is 0 Å². The second-order valence-electron chi connectivity index (χ2n) is 5.51. The maximum atomic E-state index is 11.9. The lowest BCUT2D eigenvalue weighted by atomic mass is 10.1. The van der Waals surface area contributed by atoms with Crippen molar-refractivity contribution in [2.75, 3.05) is 19.1 Å². The lowest BCUT2D eigenvalue weighted by Gasteiger charge is -2.31. The molecule has 0 radical (unpaired) electrons. The van der Waals surface area contributed by atoms with E-state index < -0.39 is 5.60 Å². The Kier molecular flexibility index (Phi) is 7.17. The van der Waals surface area contributed by atoms with E-state index in [4.69, 9.17) is 4.74 Å². The molecule has 0 bridgehead atoms. The molecule has 0 aliphatic heterocycles. The Bertz CT molecular complexity index is 238. The first kappa shape index (κ1) is 16.8.